The summed E-state index contributed by atoms with van der Waals surface area (Å²) in [6, 6.07) is 0.363. The minimum absolute atomic E-state index is 0.0911. The van der Waals surface area contributed by atoms with Gasteiger partial charge < -0.3 is 9.85 Å². The van der Waals surface area contributed by atoms with Crippen molar-refractivity contribution in [1.29, 1.82) is 0 Å². The highest BCUT2D eigenvalue weighted by atomic mass is 16.5. The molecule has 0 bridgehead atoms. The maximum Gasteiger partial charge on any atom is 0.0861 e. The first-order valence-electron chi connectivity index (χ1n) is 4.77. The SMILES string of the molecule is CCCC[N+]1([O-])CCCC1C. The maximum absolute atomic E-state index is 11.9. The van der Waals surface area contributed by atoms with Gasteiger partial charge >= 0.3 is 0 Å². The number of unbranched alkanes of at least 4 members (excludes halogenated alkanes) is 1. The van der Waals surface area contributed by atoms with Crippen molar-refractivity contribution in [3.63, 3.8) is 0 Å². The molecule has 0 aromatic heterocycles. The lowest BCUT2D eigenvalue weighted by Gasteiger charge is -2.43. The second kappa shape index (κ2) is 3.55. The Hall–Kier alpha value is -0.0800. The summed E-state index contributed by atoms with van der Waals surface area (Å²) in [4.78, 5) is 0. The summed E-state index contributed by atoms with van der Waals surface area (Å²) in [5, 5.41) is 11.9. The molecule has 0 saturated carbocycles. The molecule has 1 aliphatic heterocycles. The average Bonchev–Trinajstić information content (AvgIpc) is 2.30. The molecule has 0 N–H and O–H groups in total. The van der Waals surface area contributed by atoms with Gasteiger partial charge in [-0.1, -0.05) is 13.3 Å². The summed E-state index contributed by atoms with van der Waals surface area (Å²) in [6.45, 7) is 5.95. The molecule has 0 aliphatic carbocycles. The second-order valence-electron chi connectivity index (χ2n) is 3.74. The Balaban J connectivity index is 2.38. The van der Waals surface area contributed by atoms with Gasteiger partial charge in [-0.3, -0.25) is 0 Å². The molecule has 1 heterocycles. The molecule has 0 spiro atoms. The van der Waals surface area contributed by atoms with Gasteiger partial charge in [0.2, 0.25) is 0 Å². The summed E-state index contributed by atoms with van der Waals surface area (Å²) in [5.74, 6) is 0. The number of hydrogen-bond donors (Lipinski definition) is 0. The molecular formula is C9H19NO. The van der Waals surface area contributed by atoms with E-state index in [2.05, 4.69) is 13.8 Å². The number of nitrogens with zero attached hydrogens (tertiary/aromatic N) is 1. The molecule has 2 nitrogen and oxygen atoms in total. The van der Waals surface area contributed by atoms with Crippen molar-refractivity contribution >= 4 is 0 Å². The van der Waals surface area contributed by atoms with Gasteiger partial charge in [0.25, 0.3) is 0 Å². The molecule has 66 valence electrons. The molecule has 1 rings (SSSR count). The normalized spacial score (nSPS) is 37.9. The minimum atomic E-state index is 0.0911. The van der Waals surface area contributed by atoms with Crippen molar-refractivity contribution in [2.75, 3.05) is 13.1 Å². The van der Waals surface area contributed by atoms with Gasteiger partial charge in [-0.15, -0.1) is 0 Å². The summed E-state index contributed by atoms with van der Waals surface area (Å²) in [7, 11) is 0. The Morgan fingerprint density at radius 3 is 2.73 bits per heavy atom. The molecule has 0 radical (unpaired) electrons. The Bertz CT molecular complexity index is 127. The highest BCUT2D eigenvalue weighted by Crippen LogP contribution is 2.25. The molecular weight excluding hydrogens is 138 g/mol. The highest BCUT2D eigenvalue weighted by molar-refractivity contribution is 4.63. The van der Waals surface area contributed by atoms with Gasteiger partial charge in [0.05, 0.1) is 19.1 Å². The van der Waals surface area contributed by atoms with Crippen molar-refractivity contribution < 1.29 is 4.65 Å². The van der Waals surface area contributed by atoms with Crippen LogP contribution in [0.15, 0.2) is 0 Å². The van der Waals surface area contributed by atoms with Crippen LogP contribution in [0.5, 0.6) is 0 Å². The largest absolute Gasteiger partial charge is 0.633 e. The van der Waals surface area contributed by atoms with E-state index in [1.807, 2.05) is 0 Å². The van der Waals surface area contributed by atoms with E-state index in [9.17, 15) is 5.21 Å². The van der Waals surface area contributed by atoms with Gasteiger partial charge in [-0.2, -0.15) is 0 Å². The zero-order valence-electron chi connectivity index (χ0n) is 7.68. The monoisotopic (exact) mass is 157 g/mol. The van der Waals surface area contributed by atoms with E-state index < -0.39 is 0 Å². The quantitative estimate of drug-likeness (QED) is 0.455. The third-order valence-corrected chi connectivity index (χ3v) is 2.85. The van der Waals surface area contributed by atoms with Crippen LogP contribution >= 0.6 is 0 Å². The van der Waals surface area contributed by atoms with Crippen LogP contribution in [0.1, 0.15) is 39.5 Å². The van der Waals surface area contributed by atoms with Crippen LogP contribution in [0.25, 0.3) is 0 Å². The summed E-state index contributed by atoms with van der Waals surface area (Å²) in [6.07, 6.45) is 4.50. The van der Waals surface area contributed by atoms with Crippen molar-refractivity contribution in [2.45, 2.75) is 45.6 Å². The van der Waals surface area contributed by atoms with Gasteiger partial charge in [-0.25, -0.2) is 0 Å². The number of hydrogen-bond acceptors (Lipinski definition) is 1. The Morgan fingerprint density at radius 1 is 1.55 bits per heavy atom. The Kier molecular flexibility index (Phi) is 2.90. The van der Waals surface area contributed by atoms with Crippen LogP contribution in [0.2, 0.25) is 0 Å². The van der Waals surface area contributed by atoms with Crippen molar-refractivity contribution in [3.8, 4) is 0 Å². The fourth-order valence-electron chi connectivity index (χ4n) is 1.87. The van der Waals surface area contributed by atoms with Gasteiger partial charge in [-0.05, 0) is 13.3 Å². The van der Waals surface area contributed by atoms with E-state index in [-0.39, 0.29) is 4.65 Å². The molecule has 2 atom stereocenters. The third kappa shape index (κ3) is 1.94. The number of hydroxylamine groups is 3. The van der Waals surface area contributed by atoms with E-state index in [0.29, 0.717) is 6.04 Å². The second-order valence-corrected chi connectivity index (χ2v) is 3.74. The first kappa shape index (κ1) is 9.01. The molecule has 2 unspecified atom stereocenters. The lowest BCUT2D eigenvalue weighted by atomic mass is 10.2. The number of rotatable bonds is 3. The molecule has 0 aromatic rings. The molecule has 1 saturated heterocycles. The predicted molar refractivity (Wildman–Crippen MR) is 47.0 cm³/mol. The maximum atomic E-state index is 11.9. The van der Waals surface area contributed by atoms with E-state index in [4.69, 9.17) is 0 Å². The molecule has 0 amide bonds. The molecule has 1 aliphatic rings. The van der Waals surface area contributed by atoms with E-state index in [1.54, 1.807) is 0 Å². The number of likely N-dealkylation sites (tertiary alicyclic amines) is 1. The summed E-state index contributed by atoms with van der Waals surface area (Å²) in [5.41, 5.74) is 0. The average molecular weight is 157 g/mol. The van der Waals surface area contributed by atoms with Crippen molar-refractivity contribution in [2.24, 2.45) is 0 Å². The van der Waals surface area contributed by atoms with Crippen LogP contribution in [0.4, 0.5) is 0 Å². The van der Waals surface area contributed by atoms with Crippen LogP contribution in [-0.4, -0.2) is 23.8 Å². The van der Waals surface area contributed by atoms with Crippen LogP contribution in [-0.2, 0) is 0 Å². The summed E-state index contributed by atoms with van der Waals surface area (Å²) >= 11 is 0. The zero-order valence-corrected chi connectivity index (χ0v) is 7.68. The smallest absolute Gasteiger partial charge is 0.0861 e. The van der Waals surface area contributed by atoms with E-state index in [0.717, 1.165) is 38.8 Å². The zero-order chi connectivity index (χ0) is 8.32. The highest BCUT2D eigenvalue weighted by Gasteiger charge is 2.29. The van der Waals surface area contributed by atoms with E-state index >= 15 is 0 Å². The third-order valence-electron chi connectivity index (χ3n) is 2.85. The molecule has 1 fully saturated rings. The van der Waals surface area contributed by atoms with Crippen LogP contribution < -0.4 is 0 Å². The predicted octanol–water partition coefficient (Wildman–Crippen LogP) is 2.28. The molecule has 0 aromatic carbocycles. The van der Waals surface area contributed by atoms with Gasteiger partial charge in [0.15, 0.2) is 0 Å². The van der Waals surface area contributed by atoms with Gasteiger partial charge in [0.1, 0.15) is 0 Å². The lowest BCUT2D eigenvalue weighted by molar-refractivity contribution is -0.890. The van der Waals surface area contributed by atoms with Crippen molar-refractivity contribution in [3.05, 3.63) is 5.21 Å². The minimum Gasteiger partial charge on any atom is -0.633 e. The Labute approximate surface area is 69.4 Å². The molecule has 2 heteroatoms. The summed E-state index contributed by atoms with van der Waals surface area (Å²) < 4.78 is 0.0911. The molecule has 11 heavy (non-hydrogen) atoms. The van der Waals surface area contributed by atoms with Crippen molar-refractivity contribution in [1.82, 2.24) is 0 Å². The fraction of sp³-hybridized carbons (Fsp3) is 1.00. The fourth-order valence-corrected chi connectivity index (χ4v) is 1.87. The van der Waals surface area contributed by atoms with Crippen LogP contribution in [0.3, 0.4) is 0 Å². The van der Waals surface area contributed by atoms with Crippen LogP contribution in [0, 0.1) is 5.21 Å². The Morgan fingerprint density at radius 2 is 2.27 bits per heavy atom. The lowest BCUT2D eigenvalue weighted by Crippen LogP contribution is -2.45. The number of quaternary nitrogens is 1. The topological polar surface area (TPSA) is 23.1 Å². The van der Waals surface area contributed by atoms with E-state index in [1.165, 1.54) is 0 Å². The first-order chi connectivity index (χ1) is 5.19. The van der Waals surface area contributed by atoms with Gasteiger partial charge in [0, 0.05) is 12.8 Å². The first-order valence-corrected chi connectivity index (χ1v) is 4.77. The standard InChI is InChI=1S/C9H19NO/c1-3-4-7-10(11)8-5-6-9(10)2/h9H,3-8H2,1-2H3.